The number of carbonyl (C=O) groups is 1. The number of phenolic OH excluding ortho intramolecular Hbond substituents is 1. The molecule has 0 saturated carbocycles. The van der Waals surface area contributed by atoms with E-state index in [-0.39, 0.29) is 18.1 Å². The van der Waals surface area contributed by atoms with Gasteiger partial charge in [-0.3, -0.25) is 4.79 Å². The quantitative estimate of drug-likeness (QED) is 0.387. The van der Waals surface area contributed by atoms with Crippen molar-refractivity contribution >= 4 is 33.9 Å². The van der Waals surface area contributed by atoms with Gasteiger partial charge in [0.05, 0.1) is 13.3 Å². The molecule has 29 heavy (non-hydrogen) atoms. The van der Waals surface area contributed by atoms with Gasteiger partial charge in [0.15, 0.2) is 11.5 Å². The first-order chi connectivity index (χ1) is 14.2. The van der Waals surface area contributed by atoms with Gasteiger partial charge in [0, 0.05) is 40.3 Å². The van der Waals surface area contributed by atoms with E-state index >= 15 is 0 Å². The van der Waals surface area contributed by atoms with Crippen molar-refractivity contribution in [2.24, 2.45) is 5.10 Å². The van der Waals surface area contributed by atoms with Gasteiger partial charge in [0.2, 0.25) is 5.91 Å². The van der Waals surface area contributed by atoms with Gasteiger partial charge in [-0.15, -0.1) is 0 Å². The minimum absolute atomic E-state index is 0.0155. The topological polar surface area (TPSA) is 75.8 Å². The van der Waals surface area contributed by atoms with E-state index in [9.17, 15) is 9.90 Å². The number of rotatable bonds is 6. The van der Waals surface area contributed by atoms with Gasteiger partial charge in [-0.05, 0) is 24.3 Å². The molecule has 0 bridgehead atoms. The number of aryl methyl sites for hydroxylation is 1. The number of fused-ring (bicyclic) bond motifs is 3. The van der Waals surface area contributed by atoms with Gasteiger partial charge in [0.25, 0.3) is 0 Å². The maximum absolute atomic E-state index is 12.3. The fourth-order valence-electron chi connectivity index (χ4n) is 3.50. The zero-order valence-corrected chi connectivity index (χ0v) is 16.0. The number of carbonyl (C=O) groups excluding carboxylic acids is 1. The average Bonchev–Trinajstić information content (AvgIpc) is 3.07. The van der Waals surface area contributed by atoms with Crippen LogP contribution >= 0.6 is 0 Å². The molecule has 6 nitrogen and oxygen atoms in total. The number of methoxy groups -OCH3 is 1. The number of phenols is 1. The number of aromatic nitrogens is 1. The fourth-order valence-corrected chi connectivity index (χ4v) is 3.50. The van der Waals surface area contributed by atoms with E-state index in [2.05, 4.69) is 39.4 Å². The normalized spacial score (nSPS) is 11.3. The van der Waals surface area contributed by atoms with E-state index in [1.165, 1.54) is 24.1 Å². The summed E-state index contributed by atoms with van der Waals surface area (Å²) in [6, 6.07) is 21.5. The number of amides is 1. The van der Waals surface area contributed by atoms with E-state index < -0.39 is 0 Å². The highest BCUT2D eigenvalue weighted by atomic mass is 16.5. The molecule has 4 aromatic rings. The Morgan fingerprint density at radius 2 is 1.69 bits per heavy atom. The van der Waals surface area contributed by atoms with Gasteiger partial charge in [-0.2, -0.15) is 5.10 Å². The van der Waals surface area contributed by atoms with Crippen LogP contribution in [0, 0.1) is 0 Å². The third-order valence-electron chi connectivity index (χ3n) is 4.89. The molecular weight excluding hydrogens is 366 g/mol. The van der Waals surface area contributed by atoms with Crippen molar-refractivity contribution in [3.8, 4) is 11.5 Å². The standard InChI is InChI=1S/C23H21N3O3/c1-29-21-12-6-7-16(23(21)28)15-24-25-22(27)13-14-26-19-10-4-2-8-17(19)18-9-3-5-11-20(18)26/h2-12,15,28H,13-14H2,1H3,(H,25,27). The molecular formula is C23H21N3O3. The minimum Gasteiger partial charge on any atom is -0.504 e. The summed E-state index contributed by atoms with van der Waals surface area (Å²) in [7, 11) is 1.48. The summed E-state index contributed by atoms with van der Waals surface area (Å²) in [5, 5.41) is 16.4. The maximum atomic E-state index is 12.3. The minimum atomic E-state index is -0.203. The summed E-state index contributed by atoms with van der Waals surface area (Å²) in [6.07, 6.45) is 1.68. The fraction of sp³-hybridized carbons (Fsp3) is 0.130. The largest absolute Gasteiger partial charge is 0.504 e. The second-order valence-electron chi connectivity index (χ2n) is 6.63. The number of hydrazone groups is 1. The lowest BCUT2D eigenvalue weighted by Gasteiger charge is -2.07. The van der Waals surface area contributed by atoms with Gasteiger partial charge in [0.1, 0.15) is 0 Å². The summed E-state index contributed by atoms with van der Waals surface area (Å²) in [4.78, 5) is 12.3. The maximum Gasteiger partial charge on any atom is 0.241 e. The van der Waals surface area contributed by atoms with E-state index in [0.29, 0.717) is 17.9 Å². The predicted molar refractivity (Wildman–Crippen MR) is 114 cm³/mol. The molecule has 6 heteroatoms. The second-order valence-corrected chi connectivity index (χ2v) is 6.63. The zero-order valence-electron chi connectivity index (χ0n) is 16.0. The van der Waals surface area contributed by atoms with Crippen molar-refractivity contribution in [3.63, 3.8) is 0 Å². The lowest BCUT2D eigenvalue weighted by Crippen LogP contribution is -2.19. The first-order valence-electron chi connectivity index (χ1n) is 9.33. The lowest BCUT2D eigenvalue weighted by atomic mass is 10.2. The molecule has 0 atom stereocenters. The average molecular weight is 387 g/mol. The summed E-state index contributed by atoms with van der Waals surface area (Å²) >= 11 is 0. The Balaban J connectivity index is 1.46. The van der Waals surface area contributed by atoms with Crippen LogP contribution in [0.1, 0.15) is 12.0 Å². The Morgan fingerprint density at radius 1 is 1.03 bits per heavy atom. The number of benzene rings is 3. The number of nitrogens with zero attached hydrogens (tertiary/aromatic N) is 2. The van der Waals surface area contributed by atoms with Crippen LogP contribution in [0.4, 0.5) is 0 Å². The Morgan fingerprint density at radius 3 is 2.34 bits per heavy atom. The Hall–Kier alpha value is -3.80. The van der Waals surface area contributed by atoms with Crippen LogP contribution in [-0.2, 0) is 11.3 Å². The highest BCUT2D eigenvalue weighted by Crippen LogP contribution is 2.29. The number of ether oxygens (including phenoxy) is 1. The van der Waals surface area contributed by atoms with Crippen LogP contribution in [-0.4, -0.2) is 28.9 Å². The van der Waals surface area contributed by atoms with Gasteiger partial charge in [-0.25, -0.2) is 5.43 Å². The highest BCUT2D eigenvalue weighted by molar-refractivity contribution is 6.08. The van der Waals surface area contributed by atoms with Crippen molar-refractivity contribution in [1.82, 2.24) is 9.99 Å². The first-order valence-corrected chi connectivity index (χ1v) is 9.33. The Bertz CT molecular complexity index is 1160. The molecule has 146 valence electrons. The van der Waals surface area contributed by atoms with Crippen molar-refractivity contribution in [3.05, 3.63) is 72.3 Å². The third kappa shape index (κ3) is 3.65. The number of aromatic hydroxyl groups is 1. The summed E-state index contributed by atoms with van der Waals surface area (Å²) in [6.45, 7) is 0.541. The summed E-state index contributed by atoms with van der Waals surface area (Å²) < 4.78 is 7.22. The molecule has 0 radical (unpaired) electrons. The van der Waals surface area contributed by atoms with E-state index in [4.69, 9.17) is 4.74 Å². The number of hydrogen-bond acceptors (Lipinski definition) is 4. The molecule has 2 N–H and O–H groups in total. The van der Waals surface area contributed by atoms with Crippen molar-refractivity contribution < 1.29 is 14.6 Å². The molecule has 0 unspecified atom stereocenters. The molecule has 0 aliphatic heterocycles. The predicted octanol–water partition coefficient (Wildman–Crippen LogP) is 4.05. The van der Waals surface area contributed by atoms with Crippen LogP contribution in [0.2, 0.25) is 0 Å². The monoisotopic (exact) mass is 387 g/mol. The van der Waals surface area contributed by atoms with Crippen LogP contribution in [0.25, 0.3) is 21.8 Å². The third-order valence-corrected chi connectivity index (χ3v) is 4.89. The molecule has 4 rings (SSSR count). The van der Waals surface area contributed by atoms with Crippen molar-refractivity contribution in [1.29, 1.82) is 0 Å². The number of para-hydroxylation sites is 3. The molecule has 0 fully saturated rings. The Labute approximate surface area is 168 Å². The molecule has 0 spiro atoms. The highest BCUT2D eigenvalue weighted by Gasteiger charge is 2.11. The van der Waals surface area contributed by atoms with Crippen LogP contribution in [0.5, 0.6) is 11.5 Å². The van der Waals surface area contributed by atoms with Crippen molar-refractivity contribution in [2.75, 3.05) is 7.11 Å². The first kappa shape index (κ1) is 18.6. The smallest absolute Gasteiger partial charge is 0.241 e. The molecule has 0 saturated heterocycles. The number of nitrogens with one attached hydrogen (secondary N) is 1. The van der Waals surface area contributed by atoms with E-state index in [1.54, 1.807) is 18.2 Å². The van der Waals surface area contributed by atoms with E-state index in [1.807, 2.05) is 24.3 Å². The number of hydrogen-bond donors (Lipinski definition) is 2. The van der Waals surface area contributed by atoms with Gasteiger partial charge < -0.3 is 14.4 Å². The molecule has 1 amide bonds. The van der Waals surface area contributed by atoms with Gasteiger partial charge >= 0.3 is 0 Å². The lowest BCUT2D eigenvalue weighted by molar-refractivity contribution is -0.121. The zero-order chi connectivity index (χ0) is 20.2. The summed E-state index contributed by atoms with van der Waals surface area (Å²) in [5.41, 5.74) is 5.19. The van der Waals surface area contributed by atoms with Crippen LogP contribution in [0.15, 0.2) is 71.8 Å². The SMILES string of the molecule is COc1cccc(C=NNC(=O)CCn2c3ccccc3c3ccccc32)c1O. The summed E-state index contributed by atoms with van der Waals surface area (Å²) in [5.74, 6) is 0.135. The van der Waals surface area contributed by atoms with Crippen LogP contribution < -0.4 is 10.2 Å². The Kier molecular flexibility index (Phi) is 5.16. The van der Waals surface area contributed by atoms with E-state index in [0.717, 1.165) is 11.0 Å². The molecule has 0 aliphatic carbocycles. The van der Waals surface area contributed by atoms with Crippen molar-refractivity contribution in [2.45, 2.75) is 13.0 Å². The molecule has 1 heterocycles. The van der Waals surface area contributed by atoms with Crippen LogP contribution in [0.3, 0.4) is 0 Å². The molecule has 0 aliphatic rings. The second kappa shape index (κ2) is 8.06. The molecule has 3 aromatic carbocycles. The molecule has 1 aromatic heterocycles. The van der Waals surface area contributed by atoms with Gasteiger partial charge in [-0.1, -0.05) is 42.5 Å².